The van der Waals surface area contributed by atoms with Crippen LogP contribution in [0.4, 0.5) is 0 Å². The smallest absolute Gasteiger partial charge is 0.168 e. The van der Waals surface area contributed by atoms with Crippen LogP contribution in [0.5, 0.6) is 0 Å². The maximum absolute atomic E-state index is 5.71. The zero-order valence-corrected chi connectivity index (χ0v) is 9.37. The fourth-order valence-corrected chi connectivity index (χ4v) is 2.69. The van der Waals surface area contributed by atoms with E-state index in [2.05, 4.69) is 22.2 Å². The summed E-state index contributed by atoms with van der Waals surface area (Å²) in [6.07, 6.45) is 8.52. The van der Waals surface area contributed by atoms with Crippen LogP contribution in [0.1, 0.15) is 25.7 Å². The highest BCUT2D eigenvalue weighted by Gasteiger charge is 2.40. The van der Waals surface area contributed by atoms with Crippen LogP contribution in [-0.2, 0) is 9.47 Å². The molecule has 0 amide bonds. The summed E-state index contributed by atoms with van der Waals surface area (Å²) in [5.41, 5.74) is 6.10. The topological polar surface area (TPSA) is 54.5 Å². The minimum absolute atomic E-state index is 0.241. The van der Waals surface area contributed by atoms with Crippen molar-refractivity contribution in [1.29, 1.82) is 0 Å². The molecule has 5 heteroatoms. The van der Waals surface area contributed by atoms with E-state index in [1.165, 1.54) is 0 Å². The van der Waals surface area contributed by atoms with Crippen molar-refractivity contribution in [2.75, 3.05) is 13.2 Å². The Bertz CT molecular complexity index is 266. The minimum atomic E-state index is -0.241. The maximum atomic E-state index is 5.71. The van der Waals surface area contributed by atoms with Crippen molar-refractivity contribution in [3.63, 3.8) is 0 Å². The first-order valence-corrected chi connectivity index (χ1v) is 6.08. The van der Waals surface area contributed by atoms with E-state index >= 15 is 0 Å². The molecule has 1 saturated carbocycles. The summed E-state index contributed by atoms with van der Waals surface area (Å²) in [6, 6.07) is 0.556. The fourth-order valence-electron chi connectivity index (χ4n) is 2.69. The largest absolute Gasteiger partial charge is 0.348 e. The quantitative estimate of drug-likeness (QED) is 0.627. The Balaban J connectivity index is 1.48. The second kappa shape index (κ2) is 4.33. The second-order valence-electron chi connectivity index (χ2n) is 4.67. The highest BCUT2D eigenvalue weighted by molar-refractivity contribution is 4.97. The van der Waals surface area contributed by atoms with Crippen molar-refractivity contribution in [3.05, 3.63) is 12.3 Å². The summed E-state index contributed by atoms with van der Waals surface area (Å²) in [6.45, 7) is 1.52. The van der Waals surface area contributed by atoms with E-state index in [-0.39, 0.29) is 12.0 Å². The molecule has 90 valence electrons. The summed E-state index contributed by atoms with van der Waals surface area (Å²) < 4.78 is 11.4. The minimum Gasteiger partial charge on any atom is -0.348 e. The highest BCUT2D eigenvalue weighted by atomic mass is 16.7. The summed E-state index contributed by atoms with van der Waals surface area (Å²) in [7, 11) is 0. The molecule has 0 radical (unpaired) electrons. The van der Waals surface area contributed by atoms with Crippen LogP contribution in [0.3, 0.4) is 0 Å². The van der Waals surface area contributed by atoms with Crippen LogP contribution in [0.2, 0.25) is 0 Å². The Morgan fingerprint density at radius 2 is 1.94 bits per heavy atom. The van der Waals surface area contributed by atoms with E-state index in [0.717, 1.165) is 38.9 Å². The summed E-state index contributed by atoms with van der Waals surface area (Å²) in [5.74, 6) is -0.241. The van der Waals surface area contributed by atoms with Gasteiger partial charge in [-0.3, -0.25) is 5.32 Å². The van der Waals surface area contributed by atoms with Crippen molar-refractivity contribution in [1.82, 2.24) is 16.2 Å². The summed E-state index contributed by atoms with van der Waals surface area (Å²) >= 11 is 0. The number of hydrogen-bond donors (Lipinski definition) is 3. The summed E-state index contributed by atoms with van der Waals surface area (Å²) in [4.78, 5) is 0. The molecule has 3 aliphatic rings. The molecule has 3 rings (SSSR count). The molecule has 1 saturated heterocycles. The van der Waals surface area contributed by atoms with Crippen molar-refractivity contribution >= 4 is 0 Å². The molecular formula is C11H19N3O2. The lowest BCUT2D eigenvalue weighted by molar-refractivity contribution is -0.179. The molecule has 1 atom stereocenters. The lowest BCUT2D eigenvalue weighted by atomic mass is 9.90. The van der Waals surface area contributed by atoms with E-state index in [1.807, 2.05) is 6.20 Å². The van der Waals surface area contributed by atoms with Gasteiger partial charge in [0.15, 0.2) is 5.79 Å². The van der Waals surface area contributed by atoms with Gasteiger partial charge in [0.25, 0.3) is 0 Å². The first-order valence-electron chi connectivity index (χ1n) is 6.08. The molecular weight excluding hydrogens is 206 g/mol. The molecule has 0 aromatic rings. The standard InChI is InChI=1S/C11H19N3O2/c1-4-11(15-7-8-16-11)5-2-9(1)13-10-3-6-12-14-10/h3,6,9-10,12-14H,1-2,4-5,7-8H2. The Kier molecular flexibility index (Phi) is 2.85. The molecule has 2 heterocycles. The predicted molar refractivity (Wildman–Crippen MR) is 59.2 cm³/mol. The van der Waals surface area contributed by atoms with Gasteiger partial charge in [0.1, 0.15) is 0 Å². The Hall–Kier alpha value is -0.620. The van der Waals surface area contributed by atoms with Crippen LogP contribution in [0, 0.1) is 0 Å². The van der Waals surface area contributed by atoms with Crippen LogP contribution in [-0.4, -0.2) is 31.2 Å². The monoisotopic (exact) mass is 225 g/mol. The number of hydrogen-bond acceptors (Lipinski definition) is 5. The Morgan fingerprint density at radius 1 is 1.19 bits per heavy atom. The van der Waals surface area contributed by atoms with Crippen molar-refractivity contribution in [2.24, 2.45) is 0 Å². The Morgan fingerprint density at radius 3 is 2.56 bits per heavy atom. The van der Waals surface area contributed by atoms with Gasteiger partial charge in [-0.05, 0) is 18.9 Å². The number of nitrogens with one attached hydrogen (secondary N) is 3. The molecule has 0 aromatic carbocycles. The predicted octanol–water partition coefficient (Wildman–Crippen LogP) is 0.209. The van der Waals surface area contributed by atoms with Gasteiger partial charge in [0.05, 0.1) is 19.4 Å². The third kappa shape index (κ3) is 2.08. The molecule has 0 bridgehead atoms. The van der Waals surface area contributed by atoms with E-state index < -0.39 is 0 Å². The van der Waals surface area contributed by atoms with E-state index in [4.69, 9.17) is 9.47 Å². The van der Waals surface area contributed by atoms with Crippen molar-refractivity contribution in [3.8, 4) is 0 Å². The van der Waals surface area contributed by atoms with Gasteiger partial charge in [0, 0.05) is 25.1 Å². The molecule has 1 spiro atoms. The average Bonchev–Trinajstić information content (AvgIpc) is 2.94. The van der Waals surface area contributed by atoms with Gasteiger partial charge in [-0.25, -0.2) is 5.43 Å². The van der Waals surface area contributed by atoms with Gasteiger partial charge in [-0.1, -0.05) is 0 Å². The number of rotatable bonds is 2. The fraction of sp³-hybridized carbons (Fsp3) is 0.818. The van der Waals surface area contributed by atoms with Crippen molar-refractivity contribution < 1.29 is 9.47 Å². The Labute approximate surface area is 95.5 Å². The van der Waals surface area contributed by atoms with Crippen LogP contribution in [0.15, 0.2) is 12.3 Å². The highest BCUT2D eigenvalue weighted by Crippen LogP contribution is 2.35. The number of hydrazine groups is 1. The molecule has 3 N–H and O–H groups in total. The lowest BCUT2D eigenvalue weighted by Gasteiger charge is -2.36. The third-order valence-electron chi connectivity index (χ3n) is 3.59. The first-order chi connectivity index (χ1) is 7.86. The zero-order valence-electron chi connectivity index (χ0n) is 9.37. The molecule has 2 aliphatic heterocycles. The molecule has 1 unspecified atom stereocenters. The van der Waals surface area contributed by atoms with E-state index in [0.29, 0.717) is 6.04 Å². The number of ether oxygens (including phenoxy) is 2. The van der Waals surface area contributed by atoms with Gasteiger partial charge in [-0.15, -0.1) is 0 Å². The van der Waals surface area contributed by atoms with Gasteiger partial charge >= 0.3 is 0 Å². The van der Waals surface area contributed by atoms with Crippen molar-refractivity contribution in [2.45, 2.75) is 43.7 Å². The second-order valence-corrected chi connectivity index (χ2v) is 4.67. The van der Waals surface area contributed by atoms with Crippen LogP contribution >= 0.6 is 0 Å². The van der Waals surface area contributed by atoms with Gasteiger partial charge < -0.3 is 14.9 Å². The maximum Gasteiger partial charge on any atom is 0.168 e. The SMILES string of the molecule is C1=CC(NC2CCC3(CC2)OCCO3)NN1. The van der Waals surface area contributed by atoms with E-state index in [1.54, 1.807) is 0 Å². The molecule has 16 heavy (non-hydrogen) atoms. The first kappa shape index (κ1) is 10.5. The van der Waals surface area contributed by atoms with Gasteiger partial charge in [-0.2, -0.15) is 0 Å². The van der Waals surface area contributed by atoms with Crippen LogP contribution < -0.4 is 16.2 Å². The molecule has 1 aliphatic carbocycles. The molecule has 5 nitrogen and oxygen atoms in total. The third-order valence-corrected chi connectivity index (χ3v) is 3.59. The lowest BCUT2D eigenvalue weighted by Crippen LogP contribution is -2.49. The van der Waals surface area contributed by atoms with Gasteiger partial charge in [0.2, 0.25) is 0 Å². The normalized spacial score (nSPS) is 33.4. The zero-order chi connectivity index (χ0) is 10.8. The molecule has 0 aromatic heterocycles. The molecule has 2 fully saturated rings. The van der Waals surface area contributed by atoms with E-state index in [9.17, 15) is 0 Å². The average molecular weight is 225 g/mol. The van der Waals surface area contributed by atoms with Crippen LogP contribution in [0.25, 0.3) is 0 Å². The summed E-state index contributed by atoms with van der Waals surface area (Å²) in [5, 5.41) is 3.55.